The van der Waals surface area contributed by atoms with Gasteiger partial charge in [0, 0.05) is 12.1 Å². The second kappa shape index (κ2) is 7.13. The Morgan fingerprint density at radius 3 is 2.50 bits per heavy atom. The van der Waals surface area contributed by atoms with Crippen LogP contribution in [0.3, 0.4) is 0 Å². The first kappa shape index (κ1) is 15.5. The van der Waals surface area contributed by atoms with Crippen LogP contribution in [-0.4, -0.2) is 29.2 Å². The summed E-state index contributed by atoms with van der Waals surface area (Å²) in [5.74, 6) is -0.875. The number of nitro benzene ring substituents is 1. The molecule has 20 heavy (non-hydrogen) atoms. The quantitative estimate of drug-likeness (QED) is 0.468. The molecule has 0 saturated carbocycles. The second-order valence-corrected chi connectivity index (χ2v) is 3.66. The lowest BCUT2D eigenvalue weighted by Gasteiger charge is -2.11. The highest BCUT2D eigenvalue weighted by molar-refractivity contribution is 5.85. The molecular formula is C13H15NO6. The zero-order valence-electron chi connectivity index (χ0n) is 11.2. The molecule has 0 aromatic heterocycles. The molecule has 1 rings (SSSR count). The maximum Gasteiger partial charge on any atom is 0.328 e. The normalized spacial score (nSPS) is 10.5. The number of carboxylic acid groups (broad SMARTS) is 1. The highest BCUT2D eigenvalue weighted by Gasteiger charge is 2.21. The lowest BCUT2D eigenvalue weighted by molar-refractivity contribution is -0.386. The average Bonchev–Trinajstić information content (AvgIpc) is 2.38. The number of nitrogens with zero attached hydrogens (tertiary/aromatic N) is 1. The Balaban J connectivity index is 3.36. The molecule has 0 heterocycles. The third kappa shape index (κ3) is 3.98. The molecule has 0 aliphatic carbocycles. The molecule has 0 radical (unpaired) electrons. The summed E-state index contributed by atoms with van der Waals surface area (Å²) < 4.78 is 10.6. The van der Waals surface area contributed by atoms with Crippen LogP contribution in [0.25, 0.3) is 6.08 Å². The van der Waals surface area contributed by atoms with E-state index in [0.717, 1.165) is 6.08 Å². The van der Waals surface area contributed by atoms with Crippen LogP contribution in [0, 0.1) is 10.1 Å². The Labute approximate surface area is 115 Å². The van der Waals surface area contributed by atoms with Crippen molar-refractivity contribution in [2.45, 2.75) is 13.8 Å². The number of carbonyl (C=O) groups is 1. The van der Waals surface area contributed by atoms with E-state index >= 15 is 0 Å². The fraction of sp³-hybridized carbons (Fsp3) is 0.308. The van der Waals surface area contributed by atoms with Gasteiger partial charge in [0.1, 0.15) is 0 Å². The number of aliphatic carboxylic acids is 1. The number of ether oxygens (including phenoxy) is 2. The molecule has 108 valence electrons. The number of rotatable bonds is 7. The summed E-state index contributed by atoms with van der Waals surface area (Å²) in [6.07, 6.45) is 2.16. The van der Waals surface area contributed by atoms with Gasteiger partial charge in [0.25, 0.3) is 0 Å². The Morgan fingerprint density at radius 1 is 1.35 bits per heavy atom. The predicted octanol–water partition coefficient (Wildman–Crippen LogP) is 2.49. The van der Waals surface area contributed by atoms with Crippen molar-refractivity contribution >= 4 is 17.7 Å². The van der Waals surface area contributed by atoms with E-state index in [1.54, 1.807) is 13.8 Å². The van der Waals surface area contributed by atoms with Gasteiger partial charge in [-0.3, -0.25) is 10.1 Å². The van der Waals surface area contributed by atoms with Gasteiger partial charge in [-0.25, -0.2) is 4.79 Å². The summed E-state index contributed by atoms with van der Waals surface area (Å²) in [6.45, 7) is 4.01. The fourth-order valence-corrected chi connectivity index (χ4v) is 1.56. The highest BCUT2D eigenvalue weighted by atomic mass is 16.6. The van der Waals surface area contributed by atoms with Crippen LogP contribution in [0.15, 0.2) is 18.2 Å². The van der Waals surface area contributed by atoms with Gasteiger partial charge >= 0.3 is 11.7 Å². The first-order chi connectivity index (χ1) is 9.49. The van der Waals surface area contributed by atoms with Gasteiger partial charge in [-0.05, 0) is 31.6 Å². The molecule has 0 atom stereocenters. The second-order valence-electron chi connectivity index (χ2n) is 3.66. The van der Waals surface area contributed by atoms with Gasteiger partial charge in [-0.1, -0.05) is 0 Å². The zero-order chi connectivity index (χ0) is 15.1. The van der Waals surface area contributed by atoms with E-state index in [-0.39, 0.29) is 23.8 Å². The van der Waals surface area contributed by atoms with Gasteiger partial charge in [-0.2, -0.15) is 0 Å². The van der Waals surface area contributed by atoms with E-state index in [0.29, 0.717) is 12.2 Å². The highest BCUT2D eigenvalue weighted by Crippen LogP contribution is 2.38. The van der Waals surface area contributed by atoms with Crippen molar-refractivity contribution < 1.29 is 24.3 Å². The van der Waals surface area contributed by atoms with Crippen LogP contribution >= 0.6 is 0 Å². The number of carboxylic acids is 1. The van der Waals surface area contributed by atoms with Gasteiger partial charge in [0.2, 0.25) is 5.75 Å². The predicted molar refractivity (Wildman–Crippen MR) is 72.1 cm³/mol. The molecule has 0 amide bonds. The van der Waals surface area contributed by atoms with Crippen LogP contribution in [0.2, 0.25) is 0 Å². The fourth-order valence-electron chi connectivity index (χ4n) is 1.56. The van der Waals surface area contributed by atoms with E-state index < -0.39 is 10.9 Å². The van der Waals surface area contributed by atoms with Gasteiger partial charge in [-0.15, -0.1) is 0 Å². The van der Waals surface area contributed by atoms with Crippen molar-refractivity contribution in [3.8, 4) is 11.5 Å². The van der Waals surface area contributed by atoms with Gasteiger partial charge < -0.3 is 14.6 Å². The van der Waals surface area contributed by atoms with Gasteiger partial charge in [0.05, 0.1) is 18.1 Å². The first-order valence-corrected chi connectivity index (χ1v) is 5.98. The van der Waals surface area contributed by atoms with E-state index in [1.807, 2.05) is 0 Å². The molecule has 1 aromatic rings. The van der Waals surface area contributed by atoms with Crippen molar-refractivity contribution in [2.75, 3.05) is 13.2 Å². The topological polar surface area (TPSA) is 98.9 Å². The SMILES string of the molecule is CCOc1cc(/C=C/C(=O)O)cc([N+](=O)[O-])c1OCC. The Morgan fingerprint density at radius 2 is 2.00 bits per heavy atom. The third-order valence-electron chi connectivity index (χ3n) is 2.26. The molecule has 1 aromatic carbocycles. The molecule has 7 heteroatoms. The molecule has 0 fully saturated rings. The molecule has 7 nitrogen and oxygen atoms in total. The van der Waals surface area contributed by atoms with Crippen LogP contribution in [-0.2, 0) is 4.79 Å². The monoisotopic (exact) mass is 281 g/mol. The summed E-state index contributed by atoms with van der Waals surface area (Å²) in [5, 5.41) is 19.7. The summed E-state index contributed by atoms with van der Waals surface area (Å²) in [6, 6.07) is 2.74. The number of benzene rings is 1. The number of hydrogen-bond acceptors (Lipinski definition) is 5. The minimum Gasteiger partial charge on any atom is -0.490 e. The van der Waals surface area contributed by atoms with Crippen LogP contribution in [0.4, 0.5) is 5.69 Å². The molecule has 0 unspecified atom stereocenters. The number of hydrogen-bond donors (Lipinski definition) is 1. The van der Waals surface area contributed by atoms with Crippen molar-refractivity contribution in [1.29, 1.82) is 0 Å². The third-order valence-corrected chi connectivity index (χ3v) is 2.26. The van der Waals surface area contributed by atoms with Gasteiger partial charge in [0.15, 0.2) is 5.75 Å². The number of nitro groups is 1. The standard InChI is InChI=1S/C13H15NO6/c1-3-19-11-8-9(5-6-12(15)16)7-10(14(17)18)13(11)20-4-2/h5-8H,3-4H2,1-2H3,(H,15,16)/b6-5+. The van der Waals surface area contributed by atoms with Crippen molar-refractivity contribution in [3.63, 3.8) is 0 Å². The summed E-state index contributed by atoms with van der Waals surface area (Å²) >= 11 is 0. The minimum atomic E-state index is -1.14. The first-order valence-electron chi connectivity index (χ1n) is 5.98. The minimum absolute atomic E-state index is 0.0480. The van der Waals surface area contributed by atoms with E-state index in [2.05, 4.69) is 0 Å². The van der Waals surface area contributed by atoms with E-state index in [4.69, 9.17) is 14.6 Å². The summed E-state index contributed by atoms with van der Waals surface area (Å²) in [4.78, 5) is 21.0. The lowest BCUT2D eigenvalue weighted by atomic mass is 10.1. The largest absolute Gasteiger partial charge is 0.490 e. The van der Waals surface area contributed by atoms with Crippen LogP contribution in [0.1, 0.15) is 19.4 Å². The maximum absolute atomic E-state index is 11.1. The Hall–Kier alpha value is -2.57. The van der Waals surface area contributed by atoms with E-state index in [1.165, 1.54) is 18.2 Å². The van der Waals surface area contributed by atoms with Crippen molar-refractivity contribution in [1.82, 2.24) is 0 Å². The lowest BCUT2D eigenvalue weighted by Crippen LogP contribution is -2.02. The maximum atomic E-state index is 11.1. The molecule has 0 aliphatic rings. The molecular weight excluding hydrogens is 266 g/mol. The Kier molecular flexibility index (Phi) is 5.52. The average molecular weight is 281 g/mol. The van der Waals surface area contributed by atoms with Crippen molar-refractivity contribution in [3.05, 3.63) is 33.9 Å². The molecule has 0 aliphatic heterocycles. The molecule has 1 N–H and O–H groups in total. The van der Waals surface area contributed by atoms with Crippen LogP contribution < -0.4 is 9.47 Å². The summed E-state index contributed by atoms with van der Waals surface area (Å²) in [5.41, 5.74) is 0.0915. The Bertz CT molecular complexity index is 538. The molecule has 0 spiro atoms. The summed E-state index contributed by atoms with van der Waals surface area (Å²) in [7, 11) is 0. The van der Waals surface area contributed by atoms with E-state index in [9.17, 15) is 14.9 Å². The smallest absolute Gasteiger partial charge is 0.328 e. The molecule has 0 saturated heterocycles. The van der Waals surface area contributed by atoms with Crippen molar-refractivity contribution in [2.24, 2.45) is 0 Å². The molecule has 0 bridgehead atoms. The zero-order valence-corrected chi connectivity index (χ0v) is 11.2. The van der Waals surface area contributed by atoms with Crippen LogP contribution in [0.5, 0.6) is 11.5 Å².